The van der Waals surface area contributed by atoms with Gasteiger partial charge in [0.25, 0.3) is 0 Å². The number of benzene rings is 2. The molecule has 2 aromatic rings. The first-order valence-corrected chi connectivity index (χ1v) is 7.06. The fourth-order valence-electron chi connectivity index (χ4n) is 2.75. The van der Waals surface area contributed by atoms with Crippen molar-refractivity contribution in [2.45, 2.75) is 26.1 Å². The van der Waals surface area contributed by atoms with Crippen LogP contribution in [0.2, 0.25) is 0 Å². The Morgan fingerprint density at radius 3 is 2.17 bits per heavy atom. The van der Waals surface area contributed by atoms with Crippen molar-refractivity contribution in [1.29, 1.82) is 0 Å². The predicted molar refractivity (Wildman–Crippen MR) is 81.1 cm³/mol. The minimum Gasteiger partial charge on any atom is -0.508 e. The molecule has 0 aliphatic carbocycles. The molecule has 23 heavy (non-hydrogen) atoms. The average molecular weight is 316 g/mol. The van der Waals surface area contributed by atoms with Crippen molar-refractivity contribution < 1.29 is 30.0 Å². The number of aliphatic hydroxyl groups is 1. The zero-order chi connectivity index (χ0) is 16.9. The summed E-state index contributed by atoms with van der Waals surface area (Å²) in [6.45, 7) is 3.04. The minimum atomic E-state index is -1.50. The average Bonchev–Trinajstić information content (AvgIpc) is 2.54. The van der Waals surface area contributed by atoms with Gasteiger partial charge in [0.2, 0.25) is 5.78 Å². The molecule has 0 spiro atoms. The fourth-order valence-corrected chi connectivity index (χ4v) is 2.75. The molecule has 2 aromatic carbocycles. The van der Waals surface area contributed by atoms with Crippen LogP contribution in [-0.2, 0) is 0 Å². The van der Waals surface area contributed by atoms with Crippen molar-refractivity contribution >= 4 is 5.78 Å². The van der Waals surface area contributed by atoms with E-state index in [-0.39, 0.29) is 28.4 Å². The van der Waals surface area contributed by atoms with Crippen LogP contribution in [0.1, 0.15) is 33.2 Å². The van der Waals surface area contributed by atoms with Crippen molar-refractivity contribution in [3.8, 4) is 23.0 Å². The number of ketones is 1. The van der Waals surface area contributed by atoms with Gasteiger partial charge in [0.1, 0.15) is 28.6 Å². The Balaban J connectivity index is 2.16. The Bertz CT molecular complexity index is 794. The zero-order valence-corrected chi connectivity index (χ0v) is 12.6. The summed E-state index contributed by atoms with van der Waals surface area (Å²) in [6, 6.07) is 5.90. The normalized spacial score (nSPS) is 20.0. The number of phenolic OH excluding ortho intramolecular Hbond substituents is 3. The molecule has 1 aliphatic rings. The molecule has 3 rings (SSSR count). The fraction of sp³-hybridized carbons (Fsp3) is 0.235. The van der Waals surface area contributed by atoms with E-state index in [9.17, 15) is 25.2 Å². The molecule has 0 bridgehead atoms. The molecule has 0 saturated carbocycles. The van der Waals surface area contributed by atoms with E-state index in [1.54, 1.807) is 6.92 Å². The van der Waals surface area contributed by atoms with Crippen molar-refractivity contribution in [1.82, 2.24) is 0 Å². The Hall–Kier alpha value is -2.73. The third kappa shape index (κ3) is 2.19. The molecular formula is C17H16O6. The molecular weight excluding hydrogens is 300 g/mol. The monoisotopic (exact) mass is 316 g/mol. The molecule has 0 aromatic heterocycles. The summed E-state index contributed by atoms with van der Waals surface area (Å²) >= 11 is 0. The number of hydrogen-bond donors (Lipinski definition) is 4. The number of aromatic hydroxyl groups is 3. The highest BCUT2D eigenvalue weighted by Crippen LogP contribution is 2.47. The minimum absolute atomic E-state index is 0.0490. The summed E-state index contributed by atoms with van der Waals surface area (Å²) in [7, 11) is 0. The topological polar surface area (TPSA) is 107 Å². The first-order valence-electron chi connectivity index (χ1n) is 7.06. The van der Waals surface area contributed by atoms with Crippen LogP contribution in [0.15, 0.2) is 24.3 Å². The number of hydrogen-bond acceptors (Lipinski definition) is 6. The van der Waals surface area contributed by atoms with E-state index in [1.807, 2.05) is 0 Å². The molecule has 0 saturated heterocycles. The van der Waals surface area contributed by atoms with Crippen LogP contribution in [0, 0.1) is 13.8 Å². The predicted octanol–water partition coefficient (Wildman–Crippen LogP) is 2.10. The summed E-state index contributed by atoms with van der Waals surface area (Å²) in [4.78, 5) is 12.5. The zero-order valence-electron chi connectivity index (χ0n) is 12.6. The van der Waals surface area contributed by atoms with Gasteiger partial charge < -0.3 is 25.2 Å². The van der Waals surface area contributed by atoms with Gasteiger partial charge in [-0.3, -0.25) is 4.79 Å². The molecule has 2 atom stereocenters. The number of fused-ring (bicyclic) bond motifs is 1. The van der Waals surface area contributed by atoms with Gasteiger partial charge in [-0.05, 0) is 31.5 Å². The maximum atomic E-state index is 12.5. The lowest BCUT2D eigenvalue weighted by molar-refractivity contribution is 0.0207. The summed E-state index contributed by atoms with van der Waals surface area (Å²) in [5, 5.41) is 39.8. The van der Waals surface area contributed by atoms with Crippen LogP contribution in [0.25, 0.3) is 0 Å². The number of Topliss-reactive ketones (excluding diaryl/α,β-unsaturated/α-hetero) is 1. The third-order valence-electron chi connectivity index (χ3n) is 4.14. The summed E-state index contributed by atoms with van der Waals surface area (Å²) in [5.74, 6) is -1.12. The van der Waals surface area contributed by atoms with Crippen LogP contribution in [0.3, 0.4) is 0 Å². The van der Waals surface area contributed by atoms with Crippen LogP contribution >= 0.6 is 0 Å². The highest BCUT2D eigenvalue weighted by Gasteiger charge is 2.40. The molecule has 0 amide bonds. The molecule has 120 valence electrons. The van der Waals surface area contributed by atoms with Gasteiger partial charge in [-0.1, -0.05) is 12.1 Å². The molecule has 0 unspecified atom stereocenters. The van der Waals surface area contributed by atoms with Crippen molar-refractivity contribution in [2.75, 3.05) is 0 Å². The second-order valence-electron chi connectivity index (χ2n) is 5.59. The Morgan fingerprint density at radius 2 is 1.57 bits per heavy atom. The van der Waals surface area contributed by atoms with Crippen LogP contribution in [0.5, 0.6) is 23.0 Å². The quantitative estimate of drug-likeness (QED) is 0.642. The number of aliphatic hydroxyl groups excluding tert-OH is 1. The maximum absolute atomic E-state index is 12.5. The van der Waals surface area contributed by atoms with Crippen molar-refractivity contribution in [3.05, 3.63) is 46.5 Å². The van der Waals surface area contributed by atoms with E-state index in [1.165, 1.54) is 31.2 Å². The second kappa shape index (κ2) is 5.17. The molecule has 1 heterocycles. The number of ether oxygens (including phenoxy) is 1. The van der Waals surface area contributed by atoms with E-state index < -0.39 is 23.7 Å². The Morgan fingerprint density at radius 1 is 0.957 bits per heavy atom. The van der Waals surface area contributed by atoms with Crippen LogP contribution < -0.4 is 4.74 Å². The first kappa shape index (κ1) is 15.2. The van der Waals surface area contributed by atoms with E-state index >= 15 is 0 Å². The van der Waals surface area contributed by atoms with Crippen LogP contribution in [-0.4, -0.2) is 32.3 Å². The number of carbonyl (C=O) groups is 1. The van der Waals surface area contributed by atoms with Gasteiger partial charge in [-0.25, -0.2) is 0 Å². The van der Waals surface area contributed by atoms with Gasteiger partial charge in [0.05, 0.1) is 0 Å². The number of rotatable bonds is 1. The van der Waals surface area contributed by atoms with E-state index in [2.05, 4.69) is 0 Å². The molecule has 1 aliphatic heterocycles. The van der Waals surface area contributed by atoms with Gasteiger partial charge in [0, 0.05) is 11.1 Å². The largest absolute Gasteiger partial charge is 0.508 e. The second-order valence-corrected chi connectivity index (χ2v) is 5.59. The molecule has 0 fully saturated rings. The lowest BCUT2D eigenvalue weighted by Gasteiger charge is -2.32. The van der Waals surface area contributed by atoms with Crippen molar-refractivity contribution in [2.24, 2.45) is 0 Å². The third-order valence-corrected chi connectivity index (χ3v) is 4.14. The number of phenols is 3. The van der Waals surface area contributed by atoms with E-state index in [0.717, 1.165) is 0 Å². The van der Waals surface area contributed by atoms with Crippen molar-refractivity contribution in [3.63, 3.8) is 0 Å². The maximum Gasteiger partial charge on any atom is 0.202 e. The van der Waals surface area contributed by atoms with E-state index in [0.29, 0.717) is 11.1 Å². The molecule has 0 radical (unpaired) electrons. The molecule has 4 N–H and O–H groups in total. The lowest BCUT2D eigenvalue weighted by atomic mass is 9.90. The summed E-state index contributed by atoms with van der Waals surface area (Å²) < 4.78 is 5.72. The summed E-state index contributed by atoms with van der Waals surface area (Å²) in [5.41, 5.74) is 0.849. The lowest BCUT2D eigenvalue weighted by Crippen LogP contribution is -2.36. The Kier molecular flexibility index (Phi) is 3.41. The summed E-state index contributed by atoms with van der Waals surface area (Å²) in [6.07, 6.45) is -2.49. The SMILES string of the molecule is Cc1c(O)c(C)c2c(c1O)C(=O)[C@@H](O)[C@@H](c1ccc(O)cc1)O2. The Labute approximate surface area is 132 Å². The highest BCUT2D eigenvalue weighted by molar-refractivity contribution is 6.06. The van der Waals surface area contributed by atoms with Crippen LogP contribution in [0.4, 0.5) is 0 Å². The number of carbonyl (C=O) groups excluding carboxylic acids is 1. The smallest absolute Gasteiger partial charge is 0.202 e. The van der Waals surface area contributed by atoms with E-state index in [4.69, 9.17) is 4.74 Å². The van der Waals surface area contributed by atoms with Gasteiger partial charge in [-0.15, -0.1) is 0 Å². The highest BCUT2D eigenvalue weighted by atomic mass is 16.5. The molecule has 6 nitrogen and oxygen atoms in total. The molecule has 6 heteroatoms. The first-order chi connectivity index (χ1) is 10.8. The standard InChI is InChI=1S/C17H16O6/c1-7-12(19)8(2)16-11(13(7)20)14(21)15(22)17(23-16)9-3-5-10(18)6-4-9/h3-6,15,17-20,22H,1-2H3/t15-,17-/m1/s1. The van der Waals surface area contributed by atoms with Gasteiger partial charge in [-0.2, -0.15) is 0 Å². The van der Waals surface area contributed by atoms with Gasteiger partial charge in [0.15, 0.2) is 12.2 Å². The van der Waals surface area contributed by atoms with Gasteiger partial charge >= 0.3 is 0 Å².